The summed E-state index contributed by atoms with van der Waals surface area (Å²) in [5, 5.41) is 11.9. The first-order valence-electron chi connectivity index (χ1n) is 3.63. The fraction of sp³-hybridized carbons (Fsp3) is 0.857. The summed E-state index contributed by atoms with van der Waals surface area (Å²) < 4.78 is 0. The molecule has 0 amide bonds. The van der Waals surface area contributed by atoms with Crippen molar-refractivity contribution in [2.45, 2.75) is 32.7 Å². The van der Waals surface area contributed by atoms with Crippen LogP contribution in [0.5, 0.6) is 0 Å². The van der Waals surface area contributed by atoms with Gasteiger partial charge in [0.1, 0.15) is 0 Å². The lowest BCUT2D eigenvalue weighted by molar-refractivity contribution is 0.467. The lowest BCUT2D eigenvalue weighted by Crippen LogP contribution is -2.11. The predicted octanol–water partition coefficient (Wildman–Crippen LogP) is 2.63. The van der Waals surface area contributed by atoms with Gasteiger partial charge in [-0.3, -0.25) is 0 Å². The topological polar surface area (TPSA) is 72.5 Å². The van der Waals surface area contributed by atoms with Crippen LogP contribution in [0, 0.1) is 17.2 Å². The molecule has 0 aromatic carbocycles. The third-order valence-electron chi connectivity index (χ3n) is 1.52. The molecule has 0 aliphatic rings. The van der Waals surface area contributed by atoms with Gasteiger partial charge in [-0.05, 0) is 17.9 Å². The van der Waals surface area contributed by atoms with Crippen LogP contribution in [-0.2, 0) is 0 Å². The lowest BCUT2D eigenvalue weighted by atomic mass is 10.0. The predicted molar refractivity (Wildman–Crippen MR) is 42.6 cm³/mol. The Labute approximate surface area is 66.5 Å². The summed E-state index contributed by atoms with van der Waals surface area (Å²) in [5.74, 6) is 0.319. The standard InChI is InChI=1S/C7H12N4/c1-6(2)7(10-11-9)4-3-5-8/h6-7H,3-4H2,1-2H3. The summed E-state index contributed by atoms with van der Waals surface area (Å²) in [6.07, 6.45) is 1.13. The fourth-order valence-corrected chi connectivity index (χ4v) is 0.803. The second kappa shape index (κ2) is 5.57. The number of hydrogen-bond acceptors (Lipinski definition) is 2. The van der Waals surface area contributed by atoms with E-state index in [4.69, 9.17) is 10.8 Å². The highest BCUT2D eigenvalue weighted by molar-refractivity contribution is 4.77. The molecule has 0 rings (SSSR count). The molecular formula is C7H12N4. The smallest absolute Gasteiger partial charge is 0.0621 e. The van der Waals surface area contributed by atoms with Crippen molar-refractivity contribution in [3.8, 4) is 6.07 Å². The second-order valence-electron chi connectivity index (χ2n) is 2.71. The normalized spacial score (nSPS) is 11.8. The Morgan fingerprint density at radius 1 is 1.64 bits per heavy atom. The summed E-state index contributed by atoms with van der Waals surface area (Å²) in [6, 6.07) is 2.00. The van der Waals surface area contributed by atoms with E-state index in [0.29, 0.717) is 18.8 Å². The molecule has 0 fully saturated rings. The van der Waals surface area contributed by atoms with Crippen molar-refractivity contribution < 1.29 is 0 Å². The van der Waals surface area contributed by atoms with E-state index in [0.717, 1.165) is 0 Å². The van der Waals surface area contributed by atoms with Crippen molar-refractivity contribution in [1.29, 1.82) is 5.26 Å². The third kappa shape index (κ3) is 4.24. The molecule has 11 heavy (non-hydrogen) atoms. The zero-order chi connectivity index (χ0) is 8.69. The average molecular weight is 152 g/mol. The number of nitrogens with zero attached hydrogens (tertiary/aromatic N) is 4. The van der Waals surface area contributed by atoms with Gasteiger partial charge in [-0.1, -0.05) is 19.0 Å². The molecule has 0 aliphatic heterocycles. The van der Waals surface area contributed by atoms with E-state index in [9.17, 15) is 0 Å². The van der Waals surface area contributed by atoms with Crippen LogP contribution in [-0.4, -0.2) is 6.04 Å². The van der Waals surface area contributed by atoms with Gasteiger partial charge in [-0.15, -0.1) is 0 Å². The van der Waals surface area contributed by atoms with Crippen LogP contribution in [0.15, 0.2) is 5.11 Å². The van der Waals surface area contributed by atoms with Crippen LogP contribution in [0.3, 0.4) is 0 Å². The molecule has 0 saturated heterocycles. The highest BCUT2D eigenvalue weighted by Crippen LogP contribution is 2.12. The Morgan fingerprint density at radius 3 is 2.64 bits per heavy atom. The molecule has 0 bridgehead atoms. The quantitative estimate of drug-likeness (QED) is 0.346. The van der Waals surface area contributed by atoms with Crippen molar-refractivity contribution in [1.82, 2.24) is 0 Å². The summed E-state index contributed by atoms with van der Waals surface area (Å²) in [4.78, 5) is 2.73. The maximum Gasteiger partial charge on any atom is 0.0621 e. The molecule has 60 valence electrons. The highest BCUT2D eigenvalue weighted by Gasteiger charge is 2.09. The van der Waals surface area contributed by atoms with Gasteiger partial charge >= 0.3 is 0 Å². The van der Waals surface area contributed by atoms with Gasteiger partial charge in [0.15, 0.2) is 0 Å². The molecule has 4 heteroatoms. The van der Waals surface area contributed by atoms with E-state index < -0.39 is 0 Å². The number of nitriles is 1. The van der Waals surface area contributed by atoms with E-state index in [-0.39, 0.29) is 6.04 Å². The minimum absolute atomic E-state index is 0.0281. The molecule has 0 aliphatic carbocycles. The average Bonchev–Trinajstić information content (AvgIpc) is 1.97. The van der Waals surface area contributed by atoms with Gasteiger partial charge in [-0.25, -0.2) is 0 Å². The Morgan fingerprint density at radius 2 is 2.27 bits per heavy atom. The van der Waals surface area contributed by atoms with Gasteiger partial charge in [0.05, 0.1) is 6.07 Å². The van der Waals surface area contributed by atoms with E-state index >= 15 is 0 Å². The summed E-state index contributed by atoms with van der Waals surface area (Å²) in [6.45, 7) is 3.97. The molecule has 0 N–H and O–H groups in total. The molecule has 0 radical (unpaired) electrons. The molecule has 1 unspecified atom stereocenters. The molecule has 0 aromatic rings. The summed E-state index contributed by atoms with van der Waals surface area (Å²) in [5.41, 5.74) is 8.16. The van der Waals surface area contributed by atoms with Crippen LogP contribution in [0.1, 0.15) is 26.7 Å². The molecular weight excluding hydrogens is 140 g/mol. The van der Waals surface area contributed by atoms with Crippen LogP contribution in [0.2, 0.25) is 0 Å². The number of rotatable bonds is 4. The zero-order valence-electron chi connectivity index (χ0n) is 6.86. The number of azide groups is 1. The first kappa shape index (κ1) is 9.80. The van der Waals surface area contributed by atoms with Crippen LogP contribution >= 0.6 is 0 Å². The monoisotopic (exact) mass is 152 g/mol. The number of hydrogen-bond donors (Lipinski definition) is 0. The van der Waals surface area contributed by atoms with E-state index in [2.05, 4.69) is 10.0 Å². The molecule has 0 saturated carbocycles. The Bertz CT molecular complexity index is 185. The fourth-order valence-electron chi connectivity index (χ4n) is 0.803. The minimum Gasteiger partial charge on any atom is -0.198 e. The van der Waals surface area contributed by atoms with Crippen LogP contribution < -0.4 is 0 Å². The van der Waals surface area contributed by atoms with Crippen LogP contribution in [0.25, 0.3) is 10.4 Å². The minimum atomic E-state index is -0.0281. The first-order chi connectivity index (χ1) is 5.22. The van der Waals surface area contributed by atoms with Crippen LogP contribution in [0.4, 0.5) is 0 Å². The van der Waals surface area contributed by atoms with E-state index in [1.807, 2.05) is 19.9 Å². The van der Waals surface area contributed by atoms with Gasteiger partial charge in [0, 0.05) is 17.4 Å². The molecule has 0 heterocycles. The molecule has 0 aromatic heterocycles. The summed E-state index contributed by atoms with van der Waals surface area (Å²) >= 11 is 0. The van der Waals surface area contributed by atoms with Gasteiger partial charge in [0.25, 0.3) is 0 Å². The van der Waals surface area contributed by atoms with Gasteiger partial charge in [-0.2, -0.15) is 5.26 Å². The van der Waals surface area contributed by atoms with Crippen molar-refractivity contribution in [2.75, 3.05) is 0 Å². The SMILES string of the molecule is CC(C)C(CCC#N)N=[N+]=[N-]. The van der Waals surface area contributed by atoms with Crippen molar-refractivity contribution in [3.05, 3.63) is 10.4 Å². The Kier molecular flexibility index (Phi) is 4.97. The van der Waals surface area contributed by atoms with Gasteiger partial charge < -0.3 is 0 Å². The summed E-state index contributed by atoms with van der Waals surface area (Å²) in [7, 11) is 0. The maximum absolute atomic E-state index is 8.28. The van der Waals surface area contributed by atoms with E-state index in [1.54, 1.807) is 0 Å². The Balaban J connectivity index is 3.91. The lowest BCUT2D eigenvalue weighted by Gasteiger charge is -2.11. The largest absolute Gasteiger partial charge is 0.198 e. The zero-order valence-corrected chi connectivity index (χ0v) is 6.86. The maximum atomic E-state index is 8.28. The van der Waals surface area contributed by atoms with Crippen molar-refractivity contribution in [2.24, 2.45) is 11.0 Å². The first-order valence-corrected chi connectivity index (χ1v) is 3.63. The third-order valence-corrected chi connectivity index (χ3v) is 1.52. The highest BCUT2D eigenvalue weighted by atomic mass is 15.1. The second-order valence-corrected chi connectivity index (χ2v) is 2.71. The van der Waals surface area contributed by atoms with Gasteiger partial charge in [0.2, 0.25) is 0 Å². The Hall–Kier alpha value is -1.20. The van der Waals surface area contributed by atoms with Crippen molar-refractivity contribution in [3.63, 3.8) is 0 Å². The van der Waals surface area contributed by atoms with Crippen molar-refractivity contribution >= 4 is 0 Å². The molecule has 0 spiro atoms. The molecule has 1 atom stereocenters. The van der Waals surface area contributed by atoms with E-state index in [1.165, 1.54) is 0 Å². The molecule has 4 nitrogen and oxygen atoms in total.